The Hall–Kier alpha value is -1.04. The number of rotatable bonds is 18. The molecule has 0 N–H and O–H groups in total. The predicted octanol–water partition coefficient (Wildman–Crippen LogP) is 9.15. The summed E-state index contributed by atoms with van der Waals surface area (Å²) in [5, 5.41) is 0. The predicted molar refractivity (Wildman–Crippen MR) is 118 cm³/mol. The van der Waals surface area contributed by atoms with Crippen LogP contribution in [0.3, 0.4) is 0 Å². The molecular formula is C26H43. The molecule has 0 saturated carbocycles. The highest BCUT2D eigenvalue weighted by Crippen LogP contribution is 2.14. The molecule has 0 aliphatic heterocycles. The van der Waals surface area contributed by atoms with Crippen molar-refractivity contribution in [1.82, 2.24) is 0 Å². The van der Waals surface area contributed by atoms with E-state index in [1.54, 1.807) is 0 Å². The van der Waals surface area contributed by atoms with Gasteiger partial charge in [-0.3, -0.25) is 0 Å². The van der Waals surface area contributed by atoms with E-state index in [1.807, 2.05) is 12.1 Å². The Morgan fingerprint density at radius 2 is 1.04 bits per heavy atom. The first-order valence-electron chi connectivity index (χ1n) is 11.6. The van der Waals surface area contributed by atoms with Crippen molar-refractivity contribution in [1.29, 1.82) is 0 Å². The van der Waals surface area contributed by atoms with Crippen LogP contribution in [-0.2, 0) is 0 Å². The van der Waals surface area contributed by atoms with Crippen LogP contribution in [0.4, 0.5) is 0 Å². The van der Waals surface area contributed by atoms with Gasteiger partial charge in [-0.15, -0.1) is 0 Å². The maximum Gasteiger partial charge on any atom is -0.0184 e. The fraction of sp³-hybridized carbons (Fsp3) is 0.692. The van der Waals surface area contributed by atoms with Gasteiger partial charge in [0.2, 0.25) is 0 Å². The van der Waals surface area contributed by atoms with Gasteiger partial charge in [0.05, 0.1) is 0 Å². The van der Waals surface area contributed by atoms with Gasteiger partial charge in [-0.1, -0.05) is 140 Å². The van der Waals surface area contributed by atoms with Crippen molar-refractivity contribution in [2.75, 3.05) is 0 Å². The van der Waals surface area contributed by atoms with Crippen LogP contribution >= 0.6 is 0 Å². The molecule has 1 rings (SSSR count). The van der Waals surface area contributed by atoms with Gasteiger partial charge in [-0.25, -0.2) is 0 Å². The molecule has 0 aliphatic rings. The molecule has 26 heavy (non-hydrogen) atoms. The number of benzene rings is 1. The highest BCUT2D eigenvalue weighted by atomic mass is 14.0. The lowest BCUT2D eigenvalue weighted by molar-refractivity contribution is 0.530. The van der Waals surface area contributed by atoms with Crippen LogP contribution in [0.5, 0.6) is 0 Å². The smallest absolute Gasteiger partial charge is 0.0184 e. The number of allylic oxidation sites excluding steroid dienone is 1. The molecule has 0 amide bonds. The maximum absolute atomic E-state index is 3.06. The summed E-state index contributed by atoms with van der Waals surface area (Å²) in [5.41, 5.74) is 1.29. The molecule has 0 atom stereocenters. The third-order valence-electron chi connectivity index (χ3n) is 5.28. The second-order valence-electron chi connectivity index (χ2n) is 7.83. The minimum atomic E-state index is 1.22. The Kier molecular flexibility index (Phi) is 16.6. The molecule has 0 nitrogen and oxygen atoms in total. The molecule has 1 aromatic carbocycles. The van der Waals surface area contributed by atoms with Gasteiger partial charge in [-0.05, 0) is 24.5 Å². The summed E-state index contributed by atoms with van der Waals surface area (Å²) in [6, 6.07) is 11.3. The van der Waals surface area contributed by atoms with E-state index >= 15 is 0 Å². The van der Waals surface area contributed by atoms with E-state index in [1.165, 1.54) is 115 Å². The Morgan fingerprint density at radius 3 is 1.50 bits per heavy atom. The lowest BCUT2D eigenvalue weighted by Crippen LogP contribution is -1.83. The molecule has 0 fully saturated rings. The molecule has 0 bridgehead atoms. The molecule has 0 aliphatic carbocycles. The van der Waals surface area contributed by atoms with Crippen LogP contribution in [0.2, 0.25) is 0 Å². The highest BCUT2D eigenvalue weighted by Gasteiger charge is 1.94. The summed E-state index contributed by atoms with van der Waals surface area (Å²) >= 11 is 0. The van der Waals surface area contributed by atoms with Gasteiger partial charge in [0, 0.05) is 0 Å². The second kappa shape index (κ2) is 18.7. The third kappa shape index (κ3) is 15.2. The Morgan fingerprint density at radius 1 is 0.615 bits per heavy atom. The zero-order chi connectivity index (χ0) is 18.5. The summed E-state index contributed by atoms with van der Waals surface area (Å²) in [6.45, 7) is 2.30. The first-order valence-corrected chi connectivity index (χ1v) is 11.6. The molecule has 0 saturated heterocycles. The van der Waals surface area contributed by atoms with Gasteiger partial charge in [0.1, 0.15) is 0 Å². The zero-order valence-electron chi connectivity index (χ0n) is 17.5. The zero-order valence-corrected chi connectivity index (χ0v) is 17.5. The van der Waals surface area contributed by atoms with Crippen LogP contribution in [-0.4, -0.2) is 0 Å². The Labute approximate surface area is 164 Å². The minimum Gasteiger partial charge on any atom is -0.0839 e. The van der Waals surface area contributed by atoms with E-state index in [0.717, 1.165) is 0 Å². The summed E-state index contributed by atoms with van der Waals surface area (Å²) in [4.78, 5) is 0. The van der Waals surface area contributed by atoms with Crippen molar-refractivity contribution < 1.29 is 0 Å². The standard InChI is InChI=1S/C26H43/c1-2-3-4-5-6-7-8-9-10-11-12-13-14-15-16-17-18-20-23-26-24-21-19-22-25-26/h20-25H,2-18H2,1H3/b23-20+. The van der Waals surface area contributed by atoms with E-state index in [2.05, 4.69) is 37.3 Å². The largest absolute Gasteiger partial charge is 0.0839 e. The molecule has 147 valence electrons. The first kappa shape index (κ1) is 23.0. The van der Waals surface area contributed by atoms with Gasteiger partial charge in [0.15, 0.2) is 0 Å². The maximum atomic E-state index is 3.06. The Bertz CT molecular complexity index is 403. The van der Waals surface area contributed by atoms with Crippen LogP contribution in [0.25, 0.3) is 6.08 Å². The molecule has 0 spiro atoms. The number of hydrogen-bond acceptors (Lipinski definition) is 0. The Balaban J connectivity index is 1.73. The van der Waals surface area contributed by atoms with E-state index in [9.17, 15) is 0 Å². The SMILES string of the molecule is CCCCCCCCCCCCCCCCCC/C=C/c1cc[c]cc1. The van der Waals surface area contributed by atoms with Crippen molar-refractivity contribution in [3.05, 3.63) is 42.0 Å². The quantitative estimate of drug-likeness (QED) is 0.230. The van der Waals surface area contributed by atoms with Crippen LogP contribution in [0, 0.1) is 6.07 Å². The van der Waals surface area contributed by atoms with Crippen molar-refractivity contribution in [3.63, 3.8) is 0 Å². The molecule has 0 heteroatoms. The van der Waals surface area contributed by atoms with Crippen LogP contribution in [0.1, 0.15) is 122 Å². The van der Waals surface area contributed by atoms with E-state index in [0.29, 0.717) is 0 Å². The second-order valence-corrected chi connectivity index (χ2v) is 7.83. The number of unbranched alkanes of at least 4 members (excludes halogenated alkanes) is 16. The van der Waals surface area contributed by atoms with Crippen molar-refractivity contribution in [2.45, 2.75) is 116 Å². The topological polar surface area (TPSA) is 0 Å². The fourth-order valence-electron chi connectivity index (χ4n) is 3.54. The van der Waals surface area contributed by atoms with Crippen molar-refractivity contribution >= 4 is 6.08 Å². The molecule has 0 aromatic heterocycles. The molecule has 1 aromatic rings. The van der Waals surface area contributed by atoms with Crippen LogP contribution in [0.15, 0.2) is 30.3 Å². The lowest BCUT2D eigenvalue weighted by Gasteiger charge is -2.03. The molecule has 1 radical (unpaired) electrons. The minimum absolute atomic E-state index is 1.22. The lowest BCUT2D eigenvalue weighted by atomic mass is 10.0. The first-order chi connectivity index (χ1) is 12.9. The van der Waals surface area contributed by atoms with E-state index < -0.39 is 0 Å². The van der Waals surface area contributed by atoms with Crippen LogP contribution < -0.4 is 0 Å². The van der Waals surface area contributed by atoms with Gasteiger partial charge < -0.3 is 0 Å². The highest BCUT2D eigenvalue weighted by molar-refractivity contribution is 5.48. The normalized spacial score (nSPS) is 11.4. The van der Waals surface area contributed by atoms with Gasteiger partial charge in [-0.2, -0.15) is 0 Å². The molecule has 0 unspecified atom stereocenters. The summed E-state index contributed by atoms with van der Waals surface area (Å²) in [5.74, 6) is 0. The van der Waals surface area contributed by atoms with E-state index in [-0.39, 0.29) is 0 Å². The van der Waals surface area contributed by atoms with Gasteiger partial charge >= 0.3 is 0 Å². The average Bonchev–Trinajstić information content (AvgIpc) is 2.68. The molecular weight excluding hydrogens is 312 g/mol. The monoisotopic (exact) mass is 355 g/mol. The summed E-state index contributed by atoms with van der Waals surface area (Å²) in [6.07, 6.45) is 28.8. The average molecular weight is 356 g/mol. The van der Waals surface area contributed by atoms with Gasteiger partial charge in [0.25, 0.3) is 0 Å². The fourth-order valence-corrected chi connectivity index (χ4v) is 3.54. The van der Waals surface area contributed by atoms with Crippen molar-refractivity contribution in [3.8, 4) is 0 Å². The van der Waals surface area contributed by atoms with E-state index in [4.69, 9.17) is 0 Å². The number of hydrogen-bond donors (Lipinski definition) is 0. The third-order valence-corrected chi connectivity index (χ3v) is 5.28. The van der Waals surface area contributed by atoms with Crippen molar-refractivity contribution in [2.24, 2.45) is 0 Å². The summed E-state index contributed by atoms with van der Waals surface area (Å²) in [7, 11) is 0. The molecule has 0 heterocycles. The summed E-state index contributed by atoms with van der Waals surface area (Å²) < 4.78 is 0.